The van der Waals surface area contributed by atoms with Gasteiger partial charge in [0.25, 0.3) is 5.91 Å². The molecule has 11 nitrogen and oxygen atoms in total. The Morgan fingerprint density at radius 2 is 1.82 bits per heavy atom. The fraction of sp³-hybridized carbons (Fsp3) is 0.714. The van der Waals surface area contributed by atoms with E-state index in [1.165, 1.54) is 0 Å². The monoisotopic (exact) mass is 484 g/mol. The maximum atomic E-state index is 12.3. The average molecular weight is 485 g/mol. The summed E-state index contributed by atoms with van der Waals surface area (Å²) in [5, 5.41) is 8.52. The zero-order chi connectivity index (χ0) is 24.0. The van der Waals surface area contributed by atoms with Gasteiger partial charge in [0.15, 0.2) is 9.84 Å². The molecule has 12 heteroatoms. The summed E-state index contributed by atoms with van der Waals surface area (Å²) in [4.78, 5) is 51.8. The quantitative estimate of drug-likeness (QED) is 0.272. The first-order valence-electron chi connectivity index (χ1n) is 11.4. The first-order valence-corrected chi connectivity index (χ1v) is 13.2. The molecule has 3 rings (SSSR count). The zero-order valence-electron chi connectivity index (χ0n) is 18.6. The summed E-state index contributed by atoms with van der Waals surface area (Å²) in [5.41, 5.74) is 0.493. The maximum absolute atomic E-state index is 12.3. The van der Waals surface area contributed by atoms with Crippen LogP contribution in [0, 0.1) is 0 Å². The van der Waals surface area contributed by atoms with Crippen LogP contribution in [0.4, 0.5) is 4.79 Å². The number of amides is 4. The molecule has 3 N–H and O–H groups in total. The minimum absolute atomic E-state index is 0.0368. The SMILES string of the molecule is C=C1CCC(=O)N1OC(=O)CCCCCNC(=O)CCCC[C@H]1[C@H]2NC(=O)N[C@H]2CS1(=O)=O. The van der Waals surface area contributed by atoms with Crippen molar-refractivity contribution in [3.05, 3.63) is 12.3 Å². The van der Waals surface area contributed by atoms with Crippen molar-refractivity contribution in [3.63, 3.8) is 0 Å². The summed E-state index contributed by atoms with van der Waals surface area (Å²) in [7, 11) is -3.25. The fourth-order valence-corrected chi connectivity index (χ4v) is 6.69. The van der Waals surface area contributed by atoms with Gasteiger partial charge in [-0.3, -0.25) is 9.59 Å². The van der Waals surface area contributed by atoms with Gasteiger partial charge in [-0.2, -0.15) is 0 Å². The summed E-state index contributed by atoms with van der Waals surface area (Å²) >= 11 is 0. The van der Waals surface area contributed by atoms with Crippen LogP contribution in [0.5, 0.6) is 0 Å². The van der Waals surface area contributed by atoms with Crippen LogP contribution in [0.15, 0.2) is 12.3 Å². The molecule has 3 fully saturated rings. The van der Waals surface area contributed by atoms with Crippen molar-refractivity contribution in [1.29, 1.82) is 0 Å². The van der Waals surface area contributed by atoms with Gasteiger partial charge in [0, 0.05) is 25.8 Å². The van der Waals surface area contributed by atoms with Gasteiger partial charge in [-0.05, 0) is 32.1 Å². The van der Waals surface area contributed by atoms with Crippen LogP contribution in [0.3, 0.4) is 0 Å². The minimum Gasteiger partial charge on any atom is -0.356 e. The molecule has 3 atom stereocenters. The second-order valence-corrected chi connectivity index (χ2v) is 11.0. The number of urea groups is 1. The second kappa shape index (κ2) is 11.0. The summed E-state index contributed by atoms with van der Waals surface area (Å²) in [6.45, 7) is 4.18. The Labute approximate surface area is 193 Å². The van der Waals surface area contributed by atoms with Crippen LogP contribution < -0.4 is 16.0 Å². The number of sulfone groups is 1. The smallest absolute Gasteiger partial charge is 0.333 e. The van der Waals surface area contributed by atoms with E-state index in [4.69, 9.17) is 4.84 Å². The van der Waals surface area contributed by atoms with Crippen molar-refractivity contribution in [3.8, 4) is 0 Å². The van der Waals surface area contributed by atoms with E-state index in [0.29, 0.717) is 63.6 Å². The Balaban J connectivity index is 1.20. The number of nitrogens with zero attached hydrogens (tertiary/aromatic N) is 1. The highest BCUT2D eigenvalue weighted by Gasteiger charge is 2.51. The molecule has 3 saturated heterocycles. The molecule has 3 aliphatic heterocycles. The van der Waals surface area contributed by atoms with Crippen molar-refractivity contribution in [2.75, 3.05) is 12.3 Å². The van der Waals surface area contributed by atoms with E-state index in [0.717, 1.165) is 11.5 Å². The molecule has 184 valence electrons. The molecule has 0 aromatic heterocycles. The first-order chi connectivity index (χ1) is 15.7. The van der Waals surface area contributed by atoms with Crippen molar-refractivity contribution < 1.29 is 32.4 Å². The number of unbranched alkanes of at least 4 members (excludes halogenated alkanes) is 3. The van der Waals surface area contributed by atoms with Gasteiger partial charge in [0.1, 0.15) is 0 Å². The van der Waals surface area contributed by atoms with Gasteiger partial charge in [-0.25, -0.2) is 18.0 Å². The molecular weight excluding hydrogens is 452 g/mol. The van der Waals surface area contributed by atoms with Crippen molar-refractivity contribution >= 4 is 33.7 Å². The van der Waals surface area contributed by atoms with Crippen LogP contribution in [0.2, 0.25) is 0 Å². The number of carbonyl (C=O) groups is 4. The van der Waals surface area contributed by atoms with Crippen LogP contribution in [0.25, 0.3) is 0 Å². The van der Waals surface area contributed by atoms with E-state index in [9.17, 15) is 27.6 Å². The normalized spacial score (nSPS) is 25.5. The van der Waals surface area contributed by atoms with E-state index in [1.54, 1.807) is 0 Å². The summed E-state index contributed by atoms with van der Waals surface area (Å²) in [5.74, 6) is -0.861. The molecule has 0 saturated carbocycles. The minimum atomic E-state index is -3.25. The van der Waals surface area contributed by atoms with Crippen molar-refractivity contribution in [1.82, 2.24) is 21.0 Å². The Bertz CT molecular complexity index is 888. The lowest BCUT2D eigenvalue weighted by molar-refractivity contribution is -0.186. The van der Waals surface area contributed by atoms with Gasteiger partial charge < -0.3 is 20.8 Å². The third kappa shape index (κ3) is 6.68. The topological polar surface area (TPSA) is 151 Å². The van der Waals surface area contributed by atoms with Crippen molar-refractivity contribution in [2.24, 2.45) is 0 Å². The number of nitrogens with one attached hydrogen (secondary N) is 3. The molecule has 0 radical (unpaired) electrons. The second-order valence-electron chi connectivity index (χ2n) is 8.74. The standard InChI is InChI=1S/C21H32N4O7S/c1-14-10-11-18(27)25(14)32-19(28)9-3-2-6-12-22-17(26)8-5-4-7-16-20-15(13-33(16,30)31)23-21(29)24-20/h15-16,20H,1-13H2,(H,22,26)(H2,23,24,29)/t15-,16-,20-/m0/s1. The molecule has 3 aliphatic rings. The predicted molar refractivity (Wildman–Crippen MR) is 118 cm³/mol. The van der Waals surface area contributed by atoms with Crippen LogP contribution in [0.1, 0.15) is 64.2 Å². The predicted octanol–water partition coefficient (Wildman–Crippen LogP) is 0.665. The number of rotatable bonds is 12. The van der Waals surface area contributed by atoms with E-state index in [2.05, 4.69) is 22.5 Å². The molecule has 0 spiro atoms. The number of hydroxylamine groups is 2. The summed E-state index contributed by atoms with van der Waals surface area (Å²) in [6.07, 6.45) is 4.92. The third-order valence-electron chi connectivity index (χ3n) is 6.18. The number of carbonyl (C=O) groups excluding carboxylic acids is 4. The lowest BCUT2D eigenvalue weighted by atomic mass is 10.0. The Kier molecular flexibility index (Phi) is 8.33. The Morgan fingerprint density at radius 3 is 2.55 bits per heavy atom. The highest BCUT2D eigenvalue weighted by molar-refractivity contribution is 7.92. The number of hydrogen-bond donors (Lipinski definition) is 3. The van der Waals surface area contributed by atoms with Crippen LogP contribution in [-0.4, -0.2) is 66.9 Å². The Hall–Kier alpha value is -2.63. The van der Waals surface area contributed by atoms with Crippen LogP contribution >= 0.6 is 0 Å². The molecule has 4 amide bonds. The Morgan fingerprint density at radius 1 is 1.06 bits per heavy atom. The van der Waals surface area contributed by atoms with E-state index in [1.807, 2.05) is 0 Å². The van der Waals surface area contributed by atoms with E-state index >= 15 is 0 Å². The first kappa shape index (κ1) is 25.0. The molecule has 0 aromatic rings. The molecule has 0 unspecified atom stereocenters. The average Bonchev–Trinajstić information content (AvgIpc) is 3.32. The summed E-state index contributed by atoms with van der Waals surface area (Å²) in [6, 6.07) is -1.07. The molecule has 33 heavy (non-hydrogen) atoms. The lowest BCUT2D eigenvalue weighted by Gasteiger charge is -2.16. The number of hydrogen-bond acceptors (Lipinski definition) is 7. The summed E-state index contributed by atoms with van der Waals surface area (Å²) < 4.78 is 24.5. The van der Waals surface area contributed by atoms with E-state index in [-0.39, 0.29) is 42.1 Å². The van der Waals surface area contributed by atoms with Crippen LogP contribution in [-0.2, 0) is 29.1 Å². The maximum Gasteiger partial charge on any atom is 0.333 e. The number of fused-ring (bicyclic) bond motifs is 1. The van der Waals surface area contributed by atoms with Gasteiger partial charge in [0.05, 0.1) is 28.8 Å². The third-order valence-corrected chi connectivity index (χ3v) is 8.45. The molecular formula is C21H32N4O7S. The fourth-order valence-electron chi connectivity index (χ4n) is 4.42. The van der Waals surface area contributed by atoms with Crippen molar-refractivity contribution in [2.45, 2.75) is 81.5 Å². The number of allylic oxidation sites excluding steroid dienone is 1. The molecule has 0 bridgehead atoms. The van der Waals surface area contributed by atoms with Gasteiger partial charge in [0.2, 0.25) is 5.91 Å². The zero-order valence-corrected chi connectivity index (χ0v) is 19.5. The molecule has 3 heterocycles. The van der Waals surface area contributed by atoms with Gasteiger partial charge in [-0.15, -0.1) is 5.06 Å². The van der Waals surface area contributed by atoms with Gasteiger partial charge in [-0.1, -0.05) is 19.4 Å². The molecule has 0 aliphatic carbocycles. The largest absolute Gasteiger partial charge is 0.356 e. The highest BCUT2D eigenvalue weighted by Crippen LogP contribution is 2.28. The lowest BCUT2D eigenvalue weighted by Crippen LogP contribution is -2.39. The van der Waals surface area contributed by atoms with Gasteiger partial charge >= 0.3 is 12.0 Å². The van der Waals surface area contributed by atoms with E-state index < -0.39 is 21.1 Å². The molecule has 0 aromatic carbocycles. The highest BCUT2D eigenvalue weighted by atomic mass is 32.2.